The number of hydrazone groups is 1. The van der Waals surface area contributed by atoms with Crippen molar-refractivity contribution in [3.63, 3.8) is 0 Å². The van der Waals surface area contributed by atoms with E-state index in [9.17, 15) is 4.39 Å². The molecule has 4 rings (SSSR count). The lowest BCUT2D eigenvalue weighted by atomic mass is 10.0. The third-order valence-corrected chi connectivity index (χ3v) is 5.71. The van der Waals surface area contributed by atoms with Crippen molar-refractivity contribution in [2.45, 2.75) is 26.3 Å². The smallest absolute Gasteiger partial charge is 0.123 e. The number of thiazole rings is 1. The van der Waals surface area contributed by atoms with Crippen LogP contribution >= 0.6 is 11.3 Å². The van der Waals surface area contributed by atoms with Crippen LogP contribution in [0, 0.1) is 31.0 Å². The Bertz CT molecular complexity index is 1050. The van der Waals surface area contributed by atoms with Gasteiger partial charge in [0.1, 0.15) is 5.82 Å². The van der Waals surface area contributed by atoms with Crippen molar-refractivity contribution in [2.24, 2.45) is 5.10 Å². The first-order valence-electron chi connectivity index (χ1n) is 8.62. The van der Waals surface area contributed by atoms with Gasteiger partial charge in [0.05, 0.1) is 44.7 Å². The van der Waals surface area contributed by atoms with E-state index in [1.54, 1.807) is 35.6 Å². The molecule has 0 radical (unpaired) electrons. The minimum Gasteiger partial charge on any atom is -0.257 e. The van der Waals surface area contributed by atoms with Crippen molar-refractivity contribution in [3.8, 4) is 6.07 Å². The van der Waals surface area contributed by atoms with Crippen LogP contribution in [0.5, 0.6) is 0 Å². The molecule has 0 spiro atoms. The summed E-state index contributed by atoms with van der Waals surface area (Å²) in [6, 6.07) is 16.0. The molecule has 0 aliphatic carbocycles. The van der Waals surface area contributed by atoms with E-state index in [1.807, 2.05) is 31.0 Å². The monoisotopic (exact) mass is 376 g/mol. The fraction of sp³-hybridized carbons (Fsp3) is 0.190. The zero-order valence-electron chi connectivity index (χ0n) is 15.0. The van der Waals surface area contributed by atoms with Gasteiger partial charge in [-0.3, -0.25) is 5.01 Å². The molecule has 0 unspecified atom stereocenters. The molecule has 0 bridgehead atoms. The summed E-state index contributed by atoms with van der Waals surface area (Å²) >= 11 is 1.64. The molecule has 1 aromatic heterocycles. The van der Waals surface area contributed by atoms with E-state index in [1.165, 1.54) is 12.1 Å². The quantitative estimate of drug-likeness (QED) is 0.637. The van der Waals surface area contributed by atoms with Crippen molar-refractivity contribution < 1.29 is 4.39 Å². The Morgan fingerprint density at radius 3 is 2.41 bits per heavy atom. The maximum Gasteiger partial charge on any atom is 0.123 e. The molecule has 2 heterocycles. The molecule has 4 nitrogen and oxygen atoms in total. The van der Waals surface area contributed by atoms with Crippen LogP contribution in [0.1, 0.15) is 39.2 Å². The zero-order chi connectivity index (χ0) is 19.0. The highest BCUT2D eigenvalue weighted by Crippen LogP contribution is 2.38. The van der Waals surface area contributed by atoms with Crippen LogP contribution in [0.15, 0.2) is 53.6 Å². The minimum absolute atomic E-state index is 0.0321. The van der Waals surface area contributed by atoms with Crippen LogP contribution < -0.4 is 5.01 Å². The molecule has 0 amide bonds. The maximum atomic E-state index is 13.4. The number of benzene rings is 2. The molecule has 3 aromatic rings. The van der Waals surface area contributed by atoms with E-state index in [2.05, 4.69) is 11.1 Å². The van der Waals surface area contributed by atoms with Gasteiger partial charge in [0.15, 0.2) is 0 Å². The fourth-order valence-corrected chi connectivity index (χ4v) is 4.23. The largest absolute Gasteiger partial charge is 0.257 e. The summed E-state index contributed by atoms with van der Waals surface area (Å²) in [7, 11) is 0. The molecule has 1 aliphatic heterocycles. The highest BCUT2D eigenvalue weighted by Gasteiger charge is 2.31. The van der Waals surface area contributed by atoms with E-state index < -0.39 is 0 Å². The van der Waals surface area contributed by atoms with Gasteiger partial charge in [-0.1, -0.05) is 12.1 Å². The topological polar surface area (TPSA) is 52.3 Å². The molecule has 0 saturated carbocycles. The molecular weight excluding hydrogens is 359 g/mol. The van der Waals surface area contributed by atoms with Crippen molar-refractivity contribution in [3.05, 3.63) is 81.1 Å². The number of anilines is 1. The molecular formula is C21H17FN4S. The Morgan fingerprint density at radius 1 is 1.11 bits per heavy atom. The predicted molar refractivity (Wildman–Crippen MR) is 106 cm³/mol. The average molecular weight is 376 g/mol. The maximum absolute atomic E-state index is 13.4. The van der Waals surface area contributed by atoms with Gasteiger partial charge < -0.3 is 0 Å². The molecule has 0 saturated heterocycles. The molecule has 27 heavy (non-hydrogen) atoms. The Kier molecular flexibility index (Phi) is 4.46. The molecule has 1 atom stereocenters. The lowest BCUT2D eigenvalue weighted by Gasteiger charge is -2.24. The van der Waals surface area contributed by atoms with Crippen molar-refractivity contribution >= 4 is 22.7 Å². The van der Waals surface area contributed by atoms with Crippen LogP contribution in [0.4, 0.5) is 10.1 Å². The third kappa shape index (κ3) is 3.34. The van der Waals surface area contributed by atoms with Gasteiger partial charge in [-0.15, -0.1) is 11.3 Å². The lowest BCUT2D eigenvalue weighted by molar-refractivity contribution is 0.624. The van der Waals surface area contributed by atoms with Gasteiger partial charge in [0.25, 0.3) is 0 Å². The van der Waals surface area contributed by atoms with Crippen molar-refractivity contribution in [1.82, 2.24) is 4.98 Å². The molecule has 6 heteroatoms. The first kappa shape index (κ1) is 17.4. The standard InChI is InChI=1S/C21H17FN4S/c1-13-21(27-14(2)24-13)19-11-20(16-5-7-17(22)8-6-16)26(25-19)18-9-3-15(12-23)4-10-18/h3-10,20H,11H2,1-2H3/t20-/m1/s1. The third-order valence-electron chi connectivity index (χ3n) is 4.59. The number of hydrogen-bond donors (Lipinski definition) is 0. The first-order valence-corrected chi connectivity index (χ1v) is 9.43. The summed E-state index contributed by atoms with van der Waals surface area (Å²) in [5, 5.41) is 16.9. The Hall–Kier alpha value is -3.04. The molecule has 0 fully saturated rings. The first-order chi connectivity index (χ1) is 13.0. The predicted octanol–water partition coefficient (Wildman–Crippen LogP) is 5.13. The Labute approximate surface area is 161 Å². The molecule has 0 N–H and O–H groups in total. The van der Waals surface area contributed by atoms with E-state index in [0.717, 1.165) is 32.5 Å². The molecule has 134 valence electrons. The van der Waals surface area contributed by atoms with E-state index in [4.69, 9.17) is 10.4 Å². The van der Waals surface area contributed by atoms with Crippen LogP contribution in [-0.2, 0) is 0 Å². The van der Waals surface area contributed by atoms with Crippen LogP contribution in [-0.4, -0.2) is 10.7 Å². The van der Waals surface area contributed by atoms with Crippen molar-refractivity contribution in [1.29, 1.82) is 5.26 Å². The summed E-state index contributed by atoms with van der Waals surface area (Å²) in [6.45, 7) is 3.99. The van der Waals surface area contributed by atoms with Crippen LogP contribution in [0.2, 0.25) is 0 Å². The van der Waals surface area contributed by atoms with Crippen LogP contribution in [0.3, 0.4) is 0 Å². The van der Waals surface area contributed by atoms with E-state index in [-0.39, 0.29) is 11.9 Å². The highest BCUT2D eigenvalue weighted by molar-refractivity contribution is 7.13. The number of halogens is 1. The van der Waals surface area contributed by atoms with Crippen molar-refractivity contribution in [2.75, 3.05) is 5.01 Å². The van der Waals surface area contributed by atoms with Gasteiger partial charge in [-0.2, -0.15) is 10.4 Å². The van der Waals surface area contributed by atoms with E-state index >= 15 is 0 Å². The summed E-state index contributed by atoms with van der Waals surface area (Å²) in [6.07, 6.45) is 0.716. The van der Waals surface area contributed by atoms with Gasteiger partial charge in [-0.25, -0.2) is 9.37 Å². The number of hydrogen-bond acceptors (Lipinski definition) is 5. The van der Waals surface area contributed by atoms with Gasteiger partial charge >= 0.3 is 0 Å². The summed E-state index contributed by atoms with van der Waals surface area (Å²) in [5.74, 6) is -0.253. The minimum atomic E-state index is -0.253. The summed E-state index contributed by atoms with van der Waals surface area (Å²) in [4.78, 5) is 5.61. The normalized spacial score (nSPS) is 16.3. The second-order valence-electron chi connectivity index (χ2n) is 6.47. The summed E-state index contributed by atoms with van der Waals surface area (Å²) in [5.41, 5.74) is 4.47. The van der Waals surface area contributed by atoms with E-state index in [0.29, 0.717) is 12.0 Å². The fourth-order valence-electron chi connectivity index (χ4n) is 3.32. The zero-order valence-corrected chi connectivity index (χ0v) is 15.8. The molecule has 2 aromatic carbocycles. The Balaban J connectivity index is 1.76. The Morgan fingerprint density at radius 2 is 1.81 bits per heavy atom. The number of nitrogens with zero attached hydrogens (tertiary/aromatic N) is 4. The van der Waals surface area contributed by atoms with Crippen LogP contribution in [0.25, 0.3) is 0 Å². The number of rotatable bonds is 3. The SMILES string of the molecule is Cc1nc(C)c(C2=NN(c3ccc(C#N)cc3)[C@@H](c3ccc(F)cc3)C2)s1. The van der Waals surface area contributed by atoms with Gasteiger partial charge in [0.2, 0.25) is 0 Å². The number of aromatic nitrogens is 1. The summed E-state index contributed by atoms with van der Waals surface area (Å²) < 4.78 is 13.4. The highest BCUT2D eigenvalue weighted by atomic mass is 32.1. The number of nitriles is 1. The van der Waals surface area contributed by atoms with Gasteiger partial charge in [-0.05, 0) is 55.8 Å². The lowest BCUT2D eigenvalue weighted by Crippen LogP contribution is -2.18. The number of aryl methyl sites for hydroxylation is 2. The van der Waals surface area contributed by atoms with Gasteiger partial charge in [0, 0.05) is 6.42 Å². The second-order valence-corrected chi connectivity index (χ2v) is 7.67. The molecule has 1 aliphatic rings. The average Bonchev–Trinajstić information content (AvgIpc) is 3.25. The second kappa shape index (κ2) is 6.93.